The maximum Gasteiger partial charge on any atom is 0.573 e. The van der Waals surface area contributed by atoms with Crippen molar-refractivity contribution in [3.8, 4) is 5.75 Å². The molecular formula is C16H16F3NO4. The average molecular weight is 343 g/mol. The molecule has 0 bridgehead atoms. The Kier molecular flexibility index (Phi) is 3.93. The first kappa shape index (κ1) is 16.6. The molecule has 2 aliphatic rings. The molecule has 1 aliphatic carbocycles. The molecule has 1 aromatic rings. The first-order valence-corrected chi connectivity index (χ1v) is 7.58. The van der Waals surface area contributed by atoms with Crippen molar-refractivity contribution in [2.45, 2.75) is 25.6 Å². The number of likely N-dealkylation sites (tertiary alicyclic amines) is 1. The number of piperidine rings is 1. The molecule has 3 rings (SSSR count). The monoisotopic (exact) mass is 343 g/mol. The maximum absolute atomic E-state index is 12.4. The SMILES string of the molecule is O=C(O)C1CC12CCN(C(=O)c1cccc(OC(F)(F)F)c1)CC2. The first-order chi connectivity index (χ1) is 11.2. The van der Waals surface area contributed by atoms with Gasteiger partial charge in [0, 0.05) is 18.7 Å². The van der Waals surface area contributed by atoms with Crippen molar-refractivity contribution in [3.05, 3.63) is 29.8 Å². The lowest BCUT2D eigenvalue weighted by Gasteiger charge is -2.32. The molecule has 0 radical (unpaired) electrons. The van der Waals surface area contributed by atoms with Gasteiger partial charge in [0.1, 0.15) is 5.75 Å². The van der Waals surface area contributed by atoms with Crippen LogP contribution in [0, 0.1) is 11.3 Å². The fraction of sp³-hybridized carbons (Fsp3) is 0.500. The summed E-state index contributed by atoms with van der Waals surface area (Å²) in [5.74, 6) is -1.94. The molecule has 8 heteroatoms. The molecular weight excluding hydrogens is 327 g/mol. The zero-order valence-corrected chi connectivity index (χ0v) is 12.7. The van der Waals surface area contributed by atoms with Crippen LogP contribution < -0.4 is 4.74 Å². The number of aliphatic carboxylic acids is 1. The summed E-state index contributed by atoms with van der Waals surface area (Å²) in [7, 11) is 0. The van der Waals surface area contributed by atoms with Gasteiger partial charge in [-0.05, 0) is 42.9 Å². The van der Waals surface area contributed by atoms with E-state index in [1.54, 1.807) is 4.90 Å². The standard InChI is InChI=1S/C16H16F3NO4/c17-16(18,19)24-11-3-1-2-10(8-11)13(21)20-6-4-15(5-7-20)9-12(15)14(22)23/h1-3,8,12H,4-7,9H2,(H,22,23). The van der Waals surface area contributed by atoms with Crippen molar-refractivity contribution in [2.24, 2.45) is 11.3 Å². The van der Waals surface area contributed by atoms with Crippen molar-refractivity contribution < 1.29 is 32.6 Å². The Labute approximate surface area is 136 Å². The minimum atomic E-state index is -4.81. The van der Waals surface area contributed by atoms with Gasteiger partial charge in [0.05, 0.1) is 5.92 Å². The van der Waals surface area contributed by atoms with E-state index >= 15 is 0 Å². The van der Waals surface area contributed by atoms with E-state index in [4.69, 9.17) is 5.11 Å². The van der Waals surface area contributed by atoms with Crippen LogP contribution in [0.1, 0.15) is 29.6 Å². The van der Waals surface area contributed by atoms with Crippen LogP contribution in [0.15, 0.2) is 24.3 Å². The summed E-state index contributed by atoms with van der Waals surface area (Å²) in [5, 5.41) is 9.06. The highest BCUT2D eigenvalue weighted by Gasteiger charge is 2.59. The van der Waals surface area contributed by atoms with Crippen molar-refractivity contribution in [2.75, 3.05) is 13.1 Å². The molecule has 130 valence electrons. The number of carbonyl (C=O) groups is 2. The molecule has 1 aromatic carbocycles. The summed E-state index contributed by atoms with van der Waals surface area (Å²) >= 11 is 0. The second kappa shape index (κ2) is 5.68. The number of nitrogens with zero attached hydrogens (tertiary/aromatic N) is 1. The van der Waals surface area contributed by atoms with Crippen LogP contribution in [0.2, 0.25) is 0 Å². The van der Waals surface area contributed by atoms with E-state index in [0.29, 0.717) is 32.4 Å². The molecule has 2 fully saturated rings. The van der Waals surface area contributed by atoms with Gasteiger partial charge in [-0.1, -0.05) is 6.07 Å². The Hall–Kier alpha value is -2.25. The van der Waals surface area contributed by atoms with E-state index in [0.717, 1.165) is 12.1 Å². The number of carboxylic acid groups (broad SMARTS) is 1. The van der Waals surface area contributed by atoms with Gasteiger partial charge in [-0.25, -0.2) is 0 Å². The molecule has 1 heterocycles. The second-order valence-corrected chi connectivity index (χ2v) is 6.33. The number of benzene rings is 1. The number of carboxylic acids is 1. The molecule has 1 amide bonds. The molecule has 1 saturated carbocycles. The zero-order chi connectivity index (χ0) is 17.5. The van der Waals surface area contributed by atoms with Gasteiger partial charge < -0.3 is 14.7 Å². The highest BCUT2D eigenvalue weighted by molar-refractivity contribution is 5.94. The van der Waals surface area contributed by atoms with E-state index < -0.39 is 18.1 Å². The second-order valence-electron chi connectivity index (χ2n) is 6.33. The summed E-state index contributed by atoms with van der Waals surface area (Å²) in [6.07, 6.45) is -2.96. The predicted molar refractivity (Wildman–Crippen MR) is 76.4 cm³/mol. The fourth-order valence-corrected chi connectivity index (χ4v) is 3.41. The molecule has 1 aliphatic heterocycles. The Balaban J connectivity index is 1.64. The van der Waals surface area contributed by atoms with Crippen molar-refractivity contribution in [3.63, 3.8) is 0 Å². The summed E-state index contributed by atoms with van der Waals surface area (Å²) in [6.45, 7) is 0.819. The van der Waals surface area contributed by atoms with Crippen LogP contribution in [0.5, 0.6) is 5.75 Å². The largest absolute Gasteiger partial charge is 0.573 e. The van der Waals surface area contributed by atoms with Crippen LogP contribution in [0.25, 0.3) is 0 Å². The van der Waals surface area contributed by atoms with Gasteiger partial charge in [-0.3, -0.25) is 9.59 Å². The smallest absolute Gasteiger partial charge is 0.481 e. The van der Waals surface area contributed by atoms with Gasteiger partial charge in [0.15, 0.2) is 0 Å². The third-order valence-corrected chi connectivity index (χ3v) is 4.85. The number of alkyl halides is 3. The summed E-state index contributed by atoms with van der Waals surface area (Å²) in [6, 6.07) is 4.97. The first-order valence-electron chi connectivity index (χ1n) is 7.58. The van der Waals surface area contributed by atoms with E-state index in [2.05, 4.69) is 4.74 Å². The van der Waals surface area contributed by atoms with Crippen LogP contribution in [0.4, 0.5) is 13.2 Å². The van der Waals surface area contributed by atoms with Gasteiger partial charge >= 0.3 is 12.3 Å². The topological polar surface area (TPSA) is 66.8 Å². The van der Waals surface area contributed by atoms with Gasteiger partial charge in [-0.15, -0.1) is 13.2 Å². The Morgan fingerprint density at radius 3 is 2.46 bits per heavy atom. The van der Waals surface area contributed by atoms with Gasteiger partial charge in [0.25, 0.3) is 5.91 Å². The minimum Gasteiger partial charge on any atom is -0.481 e. The molecule has 24 heavy (non-hydrogen) atoms. The predicted octanol–water partition coefficient (Wildman–Crippen LogP) is 2.91. The van der Waals surface area contributed by atoms with Crippen LogP contribution >= 0.6 is 0 Å². The van der Waals surface area contributed by atoms with E-state index in [-0.39, 0.29) is 22.8 Å². The van der Waals surface area contributed by atoms with Crippen molar-refractivity contribution in [1.82, 2.24) is 4.90 Å². The fourth-order valence-electron chi connectivity index (χ4n) is 3.41. The lowest BCUT2D eigenvalue weighted by atomic mass is 9.90. The molecule has 1 atom stereocenters. The lowest BCUT2D eigenvalue weighted by molar-refractivity contribution is -0.274. The lowest BCUT2D eigenvalue weighted by Crippen LogP contribution is -2.40. The third-order valence-electron chi connectivity index (χ3n) is 4.85. The highest BCUT2D eigenvalue weighted by atomic mass is 19.4. The Morgan fingerprint density at radius 2 is 1.92 bits per heavy atom. The van der Waals surface area contributed by atoms with Crippen molar-refractivity contribution in [1.29, 1.82) is 0 Å². The van der Waals surface area contributed by atoms with Crippen LogP contribution in [-0.2, 0) is 4.79 Å². The van der Waals surface area contributed by atoms with Crippen molar-refractivity contribution >= 4 is 11.9 Å². The van der Waals surface area contributed by atoms with Gasteiger partial charge in [-0.2, -0.15) is 0 Å². The summed E-state index contributed by atoms with van der Waals surface area (Å²) < 4.78 is 40.6. The summed E-state index contributed by atoms with van der Waals surface area (Å²) in [4.78, 5) is 25.0. The molecule has 1 spiro atoms. The highest BCUT2D eigenvalue weighted by Crippen LogP contribution is 2.59. The van der Waals surface area contributed by atoms with Crippen LogP contribution in [0.3, 0.4) is 0 Å². The quantitative estimate of drug-likeness (QED) is 0.916. The normalized spacial score (nSPS) is 22.3. The van der Waals surface area contributed by atoms with E-state index in [1.165, 1.54) is 12.1 Å². The summed E-state index contributed by atoms with van der Waals surface area (Å²) in [5.41, 5.74) is -0.0811. The van der Waals surface area contributed by atoms with Crippen LogP contribution in [-0.4, -0.2) is 41.3 Å². The molecule has 0 aromatic heterocycles. The number of hydrogen-bond donors (Lipinski definition) is 1. The molecule has 1 N–H and O–H groups in total. The number of hydrogen-bond acceptors (Lipinski definition) is 3. The van der Waals surface area contributed by atoms with Gasteiger partial charge in [0.2, 0.25) is 0 Å². The Bertz CT molecular complexity index is 666. The number of rotatable bonds is 3. The molecule has 1 saturated heterocycles. The number of halogens is 3. The molecule has 1 unspecified atom stereocenters. The number of ether oxygens (including phenoxy) is 1. The number of amides is 1. The maximum atomic E-state index is 12.4. The molecule has 5 nitrogen and oxygen atoms in total. The third kappa shape index (κ3) is 3.32. The Morgan fingerprint density at radius 1 is 1.25 bits per heavy atom. The number of carbonyl (C=O) groups excluding carboxylic acids is 1. The van der Waals surface area contributed by atoms with E-state index in [9.17, 15) is 22.8 Å². The zero-order valence-electron chi connectivity index (χ0n) is 12.7. The van der Waals surface area contributed by atoms with E-state index in [1.807, 2.05) is 0 Å². The average Bonchev–Trinajstić information content (AvgIpc) is 3.20. The minimum absolute atomic E-state index is 0.123.